The molecule has 1 nitrogen and oxygen atoms in total. The summed E-state index contributed by atoms with van der Waals surface area (Å²) in [6.07, 6.45) is 2.05. The van der Waals surface area contributed by atoms with E-state index in [2.05, 4.69) is 6.92 Å². The van der Waals surface area contributed by atoms with Crippen molar-refractivity contribution < 1.29 is 4.79 Å². The van der Waals surface area contributed by atoms with Crippen molar-refractivity contribution in [2.45, 2.75) is 18.2 Å². The zero-order valence-corrected chi connectivity index (χ0v) is 7.93. The average Bonchev–Trinajstić information content (AvgIpc) is 2.15. The first-order valence-corrected chi connectivity index (χ1v) is 5.04. The van der Waals surface area contributed by atoms with E-state index >= 15 is 0 Å². The third kappa shape index (κ3) is 2.38. The molecule has 64 valence electrons. The molecule has 0 saturated carbocycles. The maximum absolute atomic E-state index is 10.6. The molecule has 0 saturated heterocycles. The quantitative estimate of drug-likeness (QED) is 0.523. The van der Waals surface area contributed by atoms with Crippen molar-refractivity contribution in [1.29, 1.82) is 0 Å². The highest BCUT2D eigenvalue weighted by Crippen LogP contribution is 2.21. The third-order valence-electron chi connectivity index (χ3n) is 1.51. The van der Waals surface area contributed by atoms with E-state index in [1.807, 2.05) is 24.3 Å². The molecule has 0 atom stereocenters. The average molecular weight is 180 g/mol. The molecule has 0 radical (unpaired) electrons. The van der Waals surface area contributed by atoms with Gasteiger partial charge in [-0.3, -0.25) is 4.79 Å². The van der Waals surface area contributed by atoms with Crippen molar-refractivity contribution in [1.82, 2.24) is 0 Å². The highest BCUT2D eigenvalue weighted by molar-refractivity contribution is 7.99. The normalized spacial score (nSPS) is 9.75. The molecule has 0 aliphatic heterocycles. The van der Waals surface area contributed by atoms with E-state index < -0.39 is 0 Å². The predicted molar refractivity (Wildman–Crippen MR) is 52.8 cm³/mol. The number of rotatable bonds is 4. The van der Waals surface area contributed by atoms with Gasteiger partial charge in [-0.2, -0.15) is 0 Å². The van der Waals surface area contributed by atoms with Crippen molar-refractivity contribution in [2.24, 2.45) is 0 Å². The molecule has 0 amide bonds. The molecule has 0 aliphatic rings. The summed E-state index contributed by atoms with van der Waals surface area (Å²) in [6, 6.07) is 7.69. The number of benzene rings is 1. The van der Waals surface area contributed by atoms with Crippen LogP contribution in [0.25, 0.3) is 0 Å². The van der Waals surface area contributed by atoms with Crippen molar-refractivity contribution >= 4 is 18.0 Å². The molecule has 0 bridgehead atoms. The van der Waals surface area contributed by atoms with Crippen LogP contribution in [0, 0.1) is 0 Å². The molecule has 1 rings (SSSR count). The van der Waals surface area contributed by atoms with Gasteiger partial charge in [-0.15, -0.1) is 11.8 Å². The molecule has 12 heavy (non-hydrogen) atoms. The van der Waals surface area contributed by atoms with Gasteiger partial charge in [0.15, 0.2) is 6.29 Å². The molecule has 1 aromatic carbocycles. The van der Waals surface area contributed by atoms with Crippen LogP contribution in [0.5, 0.6) is 0 Å². The minimum atomic E-state index is 0.802. The minimum absolute atomic E-state index is 0.802. The monoisotopic (exact) mass is 180 g/mol. The number of thioether (sulfide) groups is 1. The van der Waals surface area contributed by atoms with Crippen LogP contribution in [0.4, 0.5) is 0 Å². The largest absolute Gasteiger partial charge is 0.298 e. The fourth-order valence-electron chi connectivity index (χ4n) is 0.921. The topological polar surface area (TPSA) is 17.1 Å². The minimum Gasteiger partial charge on any atom is -0.298 e. The second-order valence-electron chi connectivity index (χ2n) is 2.50. The Balaban J connectivity index is 2.75. The molecule has 0 unspecified atom stereocenters. The number of aldehydes is 1. The summed E-state index contributed by atoms with van der Waals surface area (Å²) in [4.78, 5) is 11.7. The molecule has 0 N–H and O–H groups in total. The van der Waals surface area contributed by atoms with E-state index in [1.54, 1.807) is 11.8 Å². The maximum Gasteiger partial charge on any atom is 0.151 e. The van der Waals surface area contributed by atoms with Crippen molar-refractivity contribution in [2.75, 3.05) is 5.75 Å². The van der Waals surface area contributed by atoms with Gasteiger partial charge in [-0.05, 0) is 18.2 Å². The standard InChI is InChI=1S/C10H12OS/c1-2-7-12-10-6-4-3-5-9(10)8-11/h3-6,8H,2,7H2,1H3. The molecular weight excluding hydrogens is 168 g/mol. The van der Waals surface area contributed by atoms with Crippen LogP contribution >= 0.6 is 11.8 Å². The summed E-state index contributed by atoms with van der Waals surface area (Å²) >= 11 is 1.74. The van der Waals surface area contributed by atoms with E-state index in [1.165, 1.54) is 0 Å². The van der Waals surface area contributed by atoms with E-state index in [0.717, 1.165) is 28.9 Å². The molecular formula is C10H12OS. The summed E-state index contributed by atoms with van der Waals surface area (Å²) in [6.45, 7) is 2.14. The van der Waals surface area contributed by atoms with Crippen LogP contribution in [0.2, 0.25) is 0 Å². The van der Waals surface area contributed by atoms with Gasteiger partial charge in [0.2, 0.25) is 0 Å². The Morgan fingerprint density at radius 3 is 2.83 bits per heavy atom. The number of hydrogen-bond acceptors (Lipinski definition) is 2. The van der Waals surface area contributed by atoms with Crippen molar-refractivity contribution in [3.63, 3.8) is 0 Å². The highest BCUT2D eigenvalue weighted by Gasteiger charge is 1.98. The summed E-state index contributed by atoms with van der Waals surface area (Å²) in [5.74, 6) is 1.07. The Morgan fingerprint density at radius 1 is 1.42 bits per heavy atom. The molecule has 0 aliphatic carbocycles. The summed E-state index contributed by atoms with van der Waals surface area (Å²) in [5.41, 5.74) is 0.802. The Bertz CT molecular complexity index is 258. The highest BCUT2D eigenvalue weighted by atomic mass is 32.2. The lowest BCUT2D eigenvalue weighted by atomic mass is 10.2. The van der Waals surface area contributed by atoms with Crippen LogP contribution in [0.3, 0.4) is 0 Å². The Kier molecular flexibility index (Phi) is 3.88. The zero-order chi connectivity index (χ0) is 8.81. The summed E-state index contributed by atoms with van der Waals surface area (Å²) < 4.78 is 0. The molecule has 2 heteroatoms. The molecule has 0 heterocycles. The third-order valence-corrected chi connectivity index (χ3v) is 2.80. The van der Waals surface area contributed by atoms with Gasteiger partial charge in [-0.25, -0.2) is 0 Å². The first kappa shape index (κ1) is 9.33. The molecule has 0 aromatic heterocycles. The summed E-state index contributed by atoms with van der Waals surface area (Å²) in [7, 11) is 0. The van der Waals surface area contributed by atoms with Gasteiger partial charge in [0.25, 0.3) is 0 Å². The number of carbonyl (C=O) groups is 1. The maximum atomic E-state index is 10.6. The summed E-state index contributed by atoms with van der Waals surface area (Å²) in [5, 5.41) is 0. The van der Waals surface area contributed by atoms with Gasteiger partial charge in [0.05, 0.1) is 0 Å². The number of hydrogen-bond donors (Lipinski definition) is 0. The fraction of sp³-hybridized carbons (Fsp3) is 0.300. The lowest BCUT2D eigenvalue weighted by molar-refractivity contribution is 0.112. The van der Waals surface area contributed by atoms with Crippen LogP contribution < -0.4 is 0 Å². The van der Waals surface area contributed by atoms with Crippen molar-refractivity contribution in [3.05, 3.63) is 29.8 Å². The first-order chi connectivity index (χ1) is 5.88. The van der Waals surface area contributed by atoms with E-state index in [9.17, 15) is 4.79 Å². The zero-order valence-electron chi connectivity index (χ0n) is 7.12. The van der Waals surface area contributed by atoms with Gasteiger partial charge in [0.1, 0.15) is 0 Å². The predicted octanol–water partition coefficient (Wildman–Crippen LogP) is 3.00. The lowest BCUT2D eigenvalue weighted by Crippen LogP contribution is -1.84. The van der Waals surface area contributed by atoms with Crippen LogP contribution in [0.1, 0.15) is 23.7 Å². The van der Waals surface area contributed by atoms with Gasteiger partial charge in [-0.1, -0.05) is 25.1 Å². The first-order valence-electron chi connectivity index (χ1n) is 4.05. The fourth-order valence-corrected chi connectivity index (χ4v) is 1.80. The Morgan fingerprint density at radius 2 is 2.17 bits per heavy atom. The Hall–Kier alpha value is -0.760. The van der Waals surface area contributed by atoms with Gasteiger partial charge in [0, 0.05) is 10.5 Å². The second kappa shape index (κ2) is 4.99. The van der Waals surface area contributed by atoms with Crippen LogP contribution in [0.15, 0.2) is 29.2 Å². The van der Waals surface area contributed by atoms with Gasteiger partial charge < -0.3 is 0 Å². The van der Waals surface area contributed by atoms with Crippen molar-refractivity contribution in [3.8, 4) is 0 Å². The molecule has 0 fully saturated rings. The Labute approximate surface area is 77.2 Å². The van der Waals surface area contributed by atoms with Gasteiger partial charge >= 0.3 is 0 Å². The molecule has 0 spiro atoms. The van der Waals surface area contributed by atoms with E-state index in [4.69, 9.17) is 0 Å². The number of carbonyl (C=O) groups excluding carboxylic acids is 1. The smallest absolute Gasteiger partial charge is 0.151 e. The second-order valence-corrected chi connectivity index (χ2v) is 3.64. The SMILES string of the molecule is CCCSc1ccccc1C=O. The van der Waals surface area contributed by atoms with E-state index in [-0.39, 0.29) is 0 Å². The lowest BCUT2D eigenvalue weighted by Gasteiger charge is -2.01. The van der Waals surface area contributed by atoms with Crippen LogP contribution in [-0.4, -0.2) is 12.0 Å². The molecule has 1 aromatic rings. The van der Waals surface area contributed by atoms with E-state index in [0.29, 0.717) is 0 Å². The van der Waals surface area contributed by atoms with Crippen LogP contribution in [-0.2, 0) is 0 Å².